The second kappa shape index (κ2) is 9.93. The van der Waals surface area contributed by atoms with Gasteiger partial charge in [-0.1, -0.05) is 44.2 Å². The number of hydrogen-bond acceptors (Lipinski definition) is 3. The highest BCUT2D eigenvalue weighted by Gasteiger charge is 2.21. The summed E-state index contributed by atoms with van der Waals surface area (Å²) >= 11 is 0. The van der Waals surface area contributed by atoms with Crippen LogP contribution in [0.25, 0.3) is 0 Å². The minimum Gasteiger partial charge on any atom is -0.396 e. The van der Waals surface area contributed by atoms with E-state index in [1.165, 1.54) is 5.56 Å². The Labute approximate surface area is 130 Å². The highest BCUT2D eigenvalue weighted by atomic mass is 16.3. The van der Waals surface area contributed by atoms with Gasteiger partial charge >= 0.3 is 0 Å². The number of nitrogens with zero attached hydrogens (tertiary/aromatic N) is 1. The number of aliphatic hydroxyl groups is 1. The molecule has 0 aliphatic rings. The van der Waals surface area contributed by atoms with Crippen LogP contribution in [0.5, 0.6) is 0 Å². The number of nitrogens with one attached hydrogen (secondary N) is 1. The second-order valence-electron chi connectivity index (χ2n) is 6.09. The highest BCUT2D eigenvalue weighted by molar-refractivity contribution is 5.19. The first-order chi connectivity index (χ1) is 10.1. The standard InChI is InChI=1S/C18H32N2O/c1-5-19-18(17-10-7-6-8-11-17)16(4)14-20(15(2)3)12-9-13-21/h6-8,10-11,15-16,18-19,21H,5,9,12-14H2,1-4H3. The van der Waals surface area contributed by atoms with Crippen molar-refractivity contribution in [3.8, 4) is 0 Å². The zero-order valence-corrected chi connectivity index (χ0v) is 14.0. The van der Waals surface area contributed by atoms with Gasteiger partial charge in [0.2, 0.25) is 0 Å². The molecule has 0 saturated carbocycles. The van der Waals surface area contributed by atoms with E-state index in [9.17, 15) is 0 Å². The maximum atomic E-state index is 9.06. The van der Waals surface area contributed by atoms with Crippen LogP contribution in [-0.2, 0) is 0 Å². The van der Waals surface area contributed by atoms with E-state index in [-0.39, 0.29) is 6.61 Å². The van der Waals surface area contributed by atoms with E-state index in [0.29, 0.717) is 18.0 Å². The molecule has 2 atom stereocenters. The predicted molar refractivity (Wildman–Crippen MR) is 90.4 cm³/mol. The molecule has 0 spiro atoms. The third-order valence-corrected chi connectivity index (χ3v) is 4.01. The number of benzene rings is 1. The lowest BCUT2D eigenvalue weighted by Crippen LogP contribution is -2.40. The normalized spacial score (nSPS) is 14.6. The maximum Gasteiger partial charge on any atom is 0.0443 e. The smallest absolute Gasteiger partial charge is 0.0443 e. The third kappa shape index (κ3) is 6.16. The molecule has 0 aliphatic heterocycles. The minimum atomic E-state index is 0.271. The largest absolute Gasteiger partial charge is 0.396 e. The van der Waals surface area contributed by atoms with Gasteiger partial charge in [0.05, 0.1) is 0 Å². The Morgan fingerprint density at radius 3 is 2.33 bits per heavy atom. The molecule has 0 amide bonds. The zero-order chi connectivity index (χ0) is 15.7. The summed E-state index contributed by atoms with van der Waals surface area (Å²) in [7, 11) is 0. The molecule has 2 N–H and O–H groups in total. The Morgan fingerprint density at radius 2 is 1.81 bits per heavy atom. The van der Waals surface area contributed by atoms with Crippen molar-refractivity contribution in [3.05, 3.63) is 35.9 Å². The van der Waals surface area contributed by atoms with Crippen LogP contribution in [-0.4, -0.2) is 42.3 Å². The topological polar surface area (TPSA) is 35.5 Å². The molecule has 120 valence electrons. The number of aliphatic hydroxyl groups excluding tert-OH is 1. The molecule has 1 aromatic carbocycles. The zero-order valence-electron chi connectivity index (χ0n) is 14.0. The van der Waals surface area contributed by atoms with Crippen molar-refractivity contribution in [2.75, 3.05) is 26.2 Å². The van der Waals surface area contributed by atoms with Crippen LogP contribution in [0.15, 0.2) is 30.3 Å². The van der Waals surface area contributed by atoms with Gasteiger partial charge in [-0.25, -0.2) is 0 Å². The van der Waals surface area contributed by atoms with E-state index in [1.54, 1.807) is 0 Å². The molecule has 0 radical (unpaired) electrons. The summed E-state index contributed by atoms with van der Waals surface area (Å²) in [5.74, 6) is 0.522. The summed E-state index contributed by atoms with van der Waals surface area (Å²) in [6, 6.07) is 11.6. The molecule has 1 aromatic rings. The first kappa shape index (κ1) is 18.1. The Balaban J connectivity index is 2.73. The van der Waals surface area contributed by atoms with E-state index in [2.05, 4.69) is 68.2 Å². The van der Waals surface area contributed by atoms with Crippen molar-refractivity contribution in [1.29, 1.82) is 0 Å². The summed E-state index contributed by atoms with van der Waals surface area (Å²) in [5, 5.41) is 12.7. The molecular weight excluding hydrogens is 260 g/mol. The van der Waals surface area contributed by atoms with Crippen LogP contribution in [0.3, 0.4) is 0 Å². The average Bonchev–Trinajstić information content (AvgIpc) is 2.49. The van der Waals surface area contributed by atoms with E-state index in [4.69, 9.17) is 5.11 Å². The molecule has 0 bridgehead atoms. The Hall–Kier alpha value is -0.900. The van der Waals surface area contributed by atoms with Gasteiger partial charge in [-0.05, 0) is 38.3 Å². The summed E-state index contributed by atoms with van der Waals surface area (Å²) in [5.41, 5.74) is 1.36. The Bertz CT molecular complexity index is 367. The van der Waals surface area contributed by atoms with Gasteiger partial charge in [0, 0.05) is 31.8 Å². The first-order valence-corrected chi connectivity index (χ1v) is 8.23. The van der Waals surface area contributed by atoms with E-state index >= 15 is 0 Å². The summed E-state index contributed by atoms with van der Waals surface area (Å²) < 4.78 is 0. The van der Waals surface area contributed by atoms with Crippen LogP contribution in [0.2, 0.25) is 0 Å². The van der Waals surface area contributed by atoms with Gasteiger partial charge < -0.3 is 15.3 Å². The van der Waals surface area contributed by atoms with Crippen LogP contribution < -0.4 is 5.32 Å². The molecule has 3 nitrogen and oxygen atoms in total. The van der Waals surface area contributed by atoms with E-state index in [0.717, 1.165) is 26.1 Å². The molecule has 1 rings (SSSR count). The molecule has 2 unspecified atom stereocenters. The summed E-state index contributed by atoms with van der Waals surface area (Å²) in [6.07, 6.45) is 0.849. The van der Waals surface area contributed by atoms with Crippen LogP contribution in [0, 0.1) is 5.92 Å². The van der Waals surface area contributed by atoms with Crippen molar-refractivity contribution < 1.29 is 5.11 Å². The first-order valence-electron chi connectivity index (χ1n) is 8.23. The fourth-order valence-corrected chi connectivity index (χ4v) is 2.84. The van der Waals surface area contributed by atoms with Crippen LogP contribution >= 0.6 is 0 Å². The highest BCUT2D eigenvalue weighted by Crippen LogP contribution is 2.23. The van der Waals surface area contributed by atoms with Gasteiger partial charge in [0.15, 0.2) is 0 Å². The van der Waals surface area contributed by atoms with Gasteiger partial charge in [0.25, 0.3) is 0 Å². The van der Waals surface area contributed by atoms with Crippen molar-refractivity contribution in [2.45, 2.75) is 46.2 Å². The fraction of sp³-hybridized carbons (Fsp3) is 0.667. The molecule has 21 heavy (non-hydrogen) atoms. The lowest BCUT2D eigenvalue weighted by molar-refractivity contribution is 0.157. The Morgan fingerprint density at radius 1 is 1.14 bits per heavy atom. The second-order valence-corrected chi connectivity index (χ2v) is 6.09. The van der Waals surface area contributed by atoms with Crippen molar-refractivity contribution in [2.24, 2.45) is 5.92 Å². The van der Waals surface area contributed by atoms with Gasteiger partial charge in [-0.2, -0.15) is 0 Å². The molecule has 0 heterocycles. The quantitative estimate of drug-likeness (QED) is 0.696. The molecule has 0 aliphatic carbocycles. The fourth-order valence-electron chi connectivity index (χ4n) is 2.84. The van der Waals surface area contributed by atoms with Gasteiger partial charge in [-0.15, -0.1) is 0 Å². The lowest BCUT2D eigenvalue weighted by atomic mass is 9.93. The molecule has 3 heteroatoms. The predicted octanol–water partition coefficient (Wildman–Crippen LogP) is 3.07. The number of hydrogen-bond donors (Lipinski definition) is 2. The molecule has 0 aromatic heterocycles. The summed E-state index contributed by atoms with van der Waals surface area (Å²) in [4.78, 5) is 2.47. The molecule has 0 saturated heterocycles. The Kier molecular flexibility index (Phi) is 8.58. The van der Waals surface area contributed by atoms with E-state index in [1.807, 2.05) is 0 Å². The van der Waals surface area contributed by atoms with Crippen molar-refractivity contribution in [3.63, 3.8) is 0 Å². The maximum absolute atomic E-state index is 9.06. The average molecular weight is 292 g/mol. The van der Waals surface area contributed by atoms with E-state index < -0.39 is 0 Å². The lowest BCUT2D eigenvalue weighted by Gasteiger charge is -2.33. The van der Waals surface area contributed by atoms with Crippen molar-refractivity contribution in [1.82, 2.24) is 10.2 Å². The third-order valence-electron chi connectivity index (χ3n) is 4.01. The van der Waals surface area contributed by atoms with Gasteiger partial charge in [-0.3, -0.25) is 0 Å². The molecule has 0 fully saturated rings. The van der Waals surface area contributed by atoms with Gasteiger partial charge in [0.1, 0.15) is 0 Å². The molecular formula is C18H32N2O. The summed E-state index contributed by atoms with van der Waals surface area (Å²) in [6.45, 7) is 12.2. The van der Waals surface area contributed by atoms with Crippen LogP contribution in [0.1, 0.15) is 45.7 Å². The SMILES string of the molecule is CCNC(c1ccccc1)C(C)CN(CCCO)C(C)C. The van der Waals surface area contributed by atoms with Crippen molar-refractivity contribution >= 4 is 0 Å². The monoisotopic (exact) mass is 292 g/mol. The van der Waals surface area contributed by atoms with Crippen LogP contribution in [0.4, 0.5) is 0 Å². The minimum absolute atomic E-state index is 0.271. The number of rotatable bonds is 10.